The molecule has 0 spiro atoms. The molecule has 3 aromatic rings. The van der Waals surface area contributed by atoms with E-state index in [4.69, 9.17) is 4.98 Å². The van der Waals surface area contributed by atoms with E-state index in [1.807, 2.05) is 25.1 Å². The van der Waals surface area contributed by atoms with E-state index in [9.17, 15) is 5.11 Å². The number of piperidine rings is 1. The number of β-amino-alcohol motifs (C(OH)–C–C–N with tert-alkyl or cyclic N) is 1. The molecule has 1 saturated heterocycles. The molecule has 1 fully saturated rings. The van der Waals surface area contributed by atoms with Crippen LogP contribution in [-0.2, 0) is 0 Å². The maximum absolute atomic E-state index is 9.86. The lowest BCUT2D eigenvalue weighted by Gasteiger charge is -2.31. The number of aryl methyl sites for hydroxylation is 1. The van der Waals surface area contributed by atoms with Crippen molar-refractivity contribution >= 4 is 27.4 Å². The third-order valence-electron chi connectivity index (χ3n) is 4.11. The van der Waals surface area contributed by atoms with Crippen LogP contribution in [-0.4, -0.2) is 39.3 Å². The number of benzene rings is 1. The molecule has 1 aliphatic rings. The molecule has 1 aliphatic heterocycles. The number of aliphatic hydroxyl groups is 1. The highest BCUT2D eigenvalue weighted by molar-refractivity contribution is 7.18. The number of aliphatic hydroxyl groups excluding tert-OH is 1. The summed E-state index contributed by atoms with van der Waals surface area (Å²) in [5, 5.41) is 10.9. The smallest absolute Gasteiger partial charge is 0.161 e. The van der Waals surface area contributed by atoms with Crippen molar-refractivity contribution in [2.75, 3.05) is 18.0 Å². The number of hydrogen-bond donors (Lipinski definition) is 1. The van der Waals surface area contributed by atoms with Gasteiger partial charge in [-0.15, -0.1) is 11.3 Å². The van der Waals surface area contributed by atoms with Gasteiger partial charge in [-0.1, -0.05) is 0 Å². The fraction of sp³-hybridized carbons (Fsp3) is 0.353. The van der Waals surface area contributed by atoms with E-state index >= 15 is 0 Å². The van der Waals surface area contributed by atoms with E-state index < -0.39 is 0 Å². The first-order valence-corrected chi connectivity index (χ1v) is 8.64. The van der Waals surface area contributed by atoms with Gasteiger partial charge in [0.05, 0.1) is 21.3 Å². The van der Waals surface area contributed by atoms with Crippen LogP contribution in [0.25, 0.3) is 21.6 Å². The number of rotatable bonds is 2. The molecule has 5 nitrogen and oxygen atoms in total. The van der Waals surface area contributed by atoms with Gasteiger partial charge >= 0.3 is 0 Å². The molecule has 3 heterocycles. The predicted molar refractivity (Wildman–Crippen MR) is 92.8 cm³/mol. The van der Waals surface area contributed by atoms with Gasteiger partial charge in [0.25, 0.3) is 0 Å². The van der Waals surface area contributed by atoms with E-state index in [-0.39, 0.29) is 6.10 Å². The van der Waals surface area contributed by atoms with Gasteiger partial charge in [-0.05, 0) is 44.0 Å². The van der Waals surface area contributed by atoms with Gasteiger partial charge < -0.3 is 10.0 Å². The highest BCUT2D eigenvalue weighted by Gasteiger charge is 2.19. The summed E-state index contributed by atoms with van der Waals surface area (Å²) >= 11 is 1.69. The minimum Gasteiger partial charge on any atom is -0.391 e. The summed E-state index contributed by atoms with van der Waals surface area (Å²) in [5.74, 6) is 1.58. The second-order valence-corrected chi connectivity index (χ2v) is 7.13. The summed E-state index contributed by atoms with van der Waals surface area (Å²) in [6.45, 7) is 3.59. The van der Waals surface area contributed by atoms with Gasteiger partial charge in [-0.3, -0.25) is 0 Å². The number of hydrogen-bond acceptors (Lipinski definition) is 6. The van der Waals surface area contributed by atoms with E-state index in [2.05, 4.69) is 20.9 Å². The second kappa shape index (κ2) is 5.86. The van der Waals surface area contributed by atoms with Crippen molar-refractivity contribution in [3.63, 3.8) is 0 Å². The van der Waals surface area contributed by atoms with Crippen LogP contribution in [0.1, 0.15) is 17.8 Å². The Morgan fingerprint density at radius 3 is 3.04 bits per heavy atom. The third kappa shape index (κ3) is 2.92. The summed E-state index contributed by atoms with van der Waals surface area (Å²) in [7, 11) is 0. The summed E-state index contributed by atoms with van der Waals surface area (Å²) in [6.07, 6.45) is 3.38. The van der Waals surface area contributed by atoms with Gasteiger partial charge in [0.15, 0.2) is 5.82 Å². The lowest BCUT2D eigenvalue weighted by atomic mass is 10.1. The van der Waals surface area contributed by atoms with Crippen LogP contribution in [0.5, 0.6) is 0 Å². The van der Waals surface area contributed by atoms with Crippen molar-refractivity contribution in [2.24, 2.45) is 0 Å². The van der Waals surface area contributed by atoms with Crippen molar-refractivity contribution in [3.8, 4) is 11.4 Å². The van der Waals surface area contributed by atoms with Crippen LogP contribution in [0, 0.1) is 6.92 Å². The Labute approximate surface area is 138 Å². The first kappa shape index (κ1) is 14.5. The largest absolute Gasteiger partial charge is 0.391 e. The molecule has 1 aromatic carbocycles. The molecule has 2 aromatic heterocycles. The molecule has 0 radical (unpaired) electrons. The standard InChI is InChI=1S/C17H18N4OS/c1-11-19-14-9-12(4-5-15(14)23-11)17-18-7-6-16(20-17)21-8-2-3-13(22)10-21/h4-7,9,13,22H,2-3,8,10H2,1H3. The van der Waals surface area contributed by atoms with E-state index in [0.717, 1.165) is 41.3 Å². The fourth-order valence-corrected chi connectivity index (χ4v) is 3.82. The van der Waals surface area contributed by atoms with Crippen LogP contribution in [0.4, 0.5) is 5.82 Å². The zero-order chi connectivity index (χ0) is 15.8. The third-order valence-corrected chi connectivity index (χ3v) is 5.07. The fourth-order valence-electron chi connectivity index (χ4n) is 3.01. The molecule has 6 heteroatoms. The molecule has 0 saturated carbocycles. The minimum absolute atomic E-state index is 0.267. The summed E-state index contributed by atoms with van der Waals surface area (Å²) in [4.78, 5) is 15.8. The molecule has 1 atom stereocenters. The van der Waals surface area contributed by atoms with Crippen molar-refractivity contribution in [2.45, 2.75) is 25.9 Å². The predicted octanol–water partition coefficient (Wildman–Crippen LogP) is 3.02. The molecule has 0 aliphatic carbocycles. The number of nitrogens with zero attached hydrogens (tertiary/aromatic N) is 4. The quantitative estimate of drug-likeness (QED) is 0.784. The molecule has 23 heavy (non-hydrogen) atoms. The van der Waals surface area contributed by atoms with Gasteiger partial charge in [-0.25, -0.2) is 15.0 Å². The van der Waals surface area contributed by atoms with Crippen LogP contribution in [0.15, 0.2) is 30.5 Å². The van der Waals surface area contributed by atoms with E-state index in [0.29, 0.717) is 12.4 Å². The minimum atomic E-state index is -0.267. The Balaban J connectivity index is 1.69. The highest BCUT2D eigenvalue weighted by atomic mass is 32.1. The van der Waals surface area contributed by atoms with Gasteiger partial charge in [0, 0.05) is 24.8 Å². The lowest BCUT2D eigenvalue weighted by Crippen LogP contribution is -2.38. The molecule has 1 N–H and O–H groups in total. The first-order chi connectivity index (χ1) is 11.2. The van der Waals surface area contributed by atoms with Gasteiger partial charge in [-0.2, -0.15) is 0 Å². The molecular formula is C17H18N4OS. The van der Waals surface area contributed by atoms with Crippen LogP contribution in [0.3, 0.4) is 0 Å². The summed E-state index contributed by atoms with van der Waals surface area (Å²) in [5.41, 5.74) is 1.97. The monoisotopic (exact) mass is 326 g/mol. The topological polar surface area (TPSA) is 62.1 Å². The first-order valence-electron chi connectivity index (χ1n) is 7.83. The van der Waals surface area contributed by atoms with Crippen molar-refractivity contribution in [3.05, 3.63) is 35.5 Å². The zero-order valence-corrected chi connectivity index (χ0v) is 13.8. The Kier molecular flexibility index (Phi) is 3.71. The number of aromatic nitrogens is 3. The lowest BCUT2D eigenvalue weighted by molar-refractivity contribution is 0.154. The van der Waals surface area contributed by atoms with Crippen LogP contribution < -0.4 is 4.90 Å². The average Bonchev–Trinajstić information content (AvgIpc) is 2.94. The highest BCUT2D eigenvalue weighted by Crippen LogP contribution is 2.27. The number of fused-ring (bicyclic) bond motifs is 1. The Bertz CT molecular complexity index is 847. The number of anilines is 1. The molecular weight excluding hydrogens is 308 g/mol. The average molecular weight is 326 g/mol. The normalized spacial score (nSPS) is 18.5. The SMILES string of the molecule is Cc1nc2cc(-c3nccc(N4CCCC(O)C4)n3)ccc2s1. The maximum Gasteiger partial charge on any atom is 0.161 e. The molecule has 4 rings (SSSR count). The Morgan fingerprint density at radius 1 is 1.26 bits per heavy atom. The Hall–Kier alpha value is -2.05. The molecule has 118 valence electrons. The summed E-state index contributed by atoms with van der Waals surface area (Å²) in [6, 6.07) is 8.08. The summed E-state index contributed by atoms with van der Waals surface area (Å²) < 4.78 is 1.18. The number of thiazole rings is 1. The van der Waals surface area contributed by atoms with Crippen molar-refractivity contribution in [1.82, 2.24) is 15.0 Å². The van der Waals surface area contributed by atoms with Crippen LogP contribution in [0.2, 0.25) is 0 Å². The van der Waals surface area contributed by atoms with Crippen molar-refractivity contribution in [1.29, 1.82) is 0 Å². The molecule has 0 amide bonds. The van der Waals surface area contributed by atoms with E-state index in [1.54, 1.807) is 17.5 Å². The van der Waals surface area contributed by atoms with Crippen LogP contribution >= 0.6 is 11.3 Å². The van der Waals surface area contributed by atoms with Crippen molar-refractivity contribution < 1.29 is 5.11 Å². The second-order valence-electron chi connectivity index (χ2n) is 5.90. The molecule has 1 unspecified atom stereocenters. The molecule has 0 bridgehead atoms. The van der Waals surface area contributed by atoms with E-state index in [1.165, 1.54) is 4.70 Å². The van der Waals surface area contributed by atoms with Gasteiger partial charge in [0.2, 0.25) is 0 Å². The van der Waals surface area contributed by atoms with Gasteiger partial charge in [0.1, 0.15) is 5.82 Å². The Morgan fingerprint density at radius 2 is 2.17 bits per heavy atom. The zero-order valence-electron chi connectivity index (χ0n) is 12.9. The maximum atomic E-state index is 9.86.